The monoisotopic (exact) mass is 434 g/mol. The molecule has 0 amide bonds. The molecule has 1 aromatic heterocycles. The Morgan fingerprint density at radius 1 is 0.969 bits per heavy atom. The van der Waals surface area contributed by atoms with Gasteiger partial charge in [-0.1, -0.05) is 30.3 Å². The average molecular weight is 434 g/mol. The second-order valence-corrected chi connectivity index (χ2v) is 6.73. The Hall–Kier alpha value is -4.33. The van der Waals surface area contributed by atoms with E-state index in [4.69, 9.17) is 5.11 Å². The molecule has 0 bridgehead atoms. The minimum absolute atomic E-state index is 0.0146. The van der Waals surface area contributed by atoms with Gasteiger partial charge in [-0.2, -0.15) is 8.78 Å². The molecule has 8 heteroatoms. The molecule has 0 unspecified atom stereocenters. The van der Waals surface area contributed by atoms with Gasteiger partial charge >= 0.3 is 12.6 Å². The number of ether oxygens (including phenoxy) is 1. The van der Waals surface area contributed by atoms with Gasteiger partial charge in [-0.05, 0) is 54.6 Å². The van der Waals surface area contributed by atoms with E-state index in [1.807, 2.05) is 0 Å². The van der Waals surface area contributed by atoms with Crippen molar-refractivity contribution in [2.45, 2.75) is 6.61 Å². The lowest BCUT2D eigenvalue weighted by Gasteiger charge is -2.12. The summed E-state index contributed by atoms with van der Waals surface area (Å²) >= 11 is 0. The van der Waals surface area contributed by atoms with Crippen molar-refractivity contribution in [2.24, 2.45) is 0 Å². The van der Waals surface area contributed by atoms with Crippen LogP contribution in [0.4, 0.5) is 8.78 Å². The van der Waals surface area contributed by atoms with Gasteiger partial charge in [0.15, 0.2) is 0 Å². The van der Waals surface area contributed by atoms with Crippen LogP contribution < -0.4 is 10.3 Å². The Labute approximate surface area is 180 Å². The molecular formula is C24H16F2N2O4. The molecule has 3 aromatic carbocycles. The number of fused-ring (bicyclic) bond motifs is 1. The van der Waals surface area contributed by atoms with E-state index in [2.05, 4.69) is 9.72 Å². The summed E-state index contributed by atoms with van der Waals surface area (Å²) in [5.74, 6) is -0.862. The third-order valence-corrected chi connectivity index (χ3v) is 4.72. The van der Waals surface area contributed by atoms with Crippen LogP contribution in [-0.2, 0) is 0 Å². The lowest BCUT2D eigenvalue weighted by Crippen LogP contribution is -2.22. The number of alkyl halides is 2. The first kappa shape index (κ1) is 20.9. The standard InChI is InChI=1S/C24H16F2N2O4/c25-24(26)32-20-8-4-1-5-15(20)11-14-21-27-19-7-3-2-6-18(19)22(29)28(21)17-12-9-16(10-13-17)23(30)31/h1-14,24H,(H,30,31)/b14-11+. The molecule has 0 aliphatic heterocycles. The summed E-state index contributed by atoms with van der Waals surface area (Å²) in [5.41, 5.74) is 0.979. The van der Waals surface area contributed by atoms with Crippen molar-refractivity contribution in [3.63, 3.8) is 0 Å². The number of rotatable bonds is 6. The number of aromatic carboxylic acids is 1. The van der Waals surface area contributed by atoms with Crippen molar-refractivity contribution < 1.29 is 23.4 Å². The second kappa shape index (κ2) is 8.81. The summed E-state index contributed by atoms with van der Waals surface area (Å²) in [6, 6.07) is 18.8. The van der Waals surface area contributed by atoms with Crippen LogP contribution in [0.15, 0.2) is 77.6 Å². The van der Waals surface area contributed by atoms with Crippen molar-refractivity contribution >= 4 is 29.0 Å². The molecule has 0 aliphatic rings. The van der Waals surface area contributed by atoms with Gasteiger partial charge < -0.3 is 9.84 Å². The summed E-state index contributed by atoms with van der Waals surface area (Å²) in [4.78, 5) is 29.0. The summed E-state index contributed by atoms with van der Waals surface area (Å²) < 4.78 is 31.3. The van der Waals surface area contributed by atoms with Crippen LogP contribution in [0.5, 0.6) is 5.75 Å². The van der Waals surface area contributed by atoms with Crippen LogP contribution in [0.1, 0.15) is 21.7 Å². The molecular weight excluding hydrogens is 418 g/mol. The van der Waals surface area contributed by atoms with E-state index in [1.54, 1.807) is 42.5 Å². The third-order valence-electron chi connectivity index (χ3n) is 4.72. The van der Waals surface area contributed by atoms with E-state index in [0.29, 0.717) is 22.2 Å². The maximum absolute atomic E-state index is 13.2. The van der Waals surface area contributed by atoms with E-state index in [1.165, 1.54) is 47.1 Å². The number of halogens is 2. The zero-order chi connectivity index (χ0) is 22.7. The minimum Gasteiger partial charge on any atom is -0.478 e. The molecule has 0 aliphatic carbocycles. The number of nitrogens with zero attached hydrogens (tertiary/aromatic N) is 2. The van der Waals surface area contributed by atoms with Gasteiger partial charge in [0.2, 0.25) is 0 Å². The highest BCUT2D eigenvalue weighted by Gasteiger charge is 2.13. The van der Waals surface area contributed by atoms with Crippen molar-refractivity contribution in [1.29, 1.82) is 0 Å². The van der Waals surface area contributed by atoms with Gasteiger partial charge in [0.1, 0.15) is 11.6 Å². The number of hydrogen-bond donors (Lipinski definition) is 1. The quantitative estimate of drug-likeness (QED) is 0.469. The van der Waals surface area contributed by atoms with Crippen molar-refractivity contribution in [1.82, 2.24) is 9.55 Å². The van der Waals surface area contributed by atoms with Gasteiger partial charge in [-0.25, -0.2) is 9.78 Å². The second-order valence-electron chi connectivity index (χ2n) is 6.73. The lowest BCUT2D eigenvalue weighted by molar-refractivity contribution is -0.0499. The number of carboxylic acids is 1. The molecule has 0 fully saturated rings. The molecule has 6 nitrogen and oxygen atoms in total. The first-order chi connectivity index (χ1) is 15.4. The fraction of sp³-hybridized carbons (Fsp3) is 0.0417. The number of carbonyl (C=O) groups is 1. The molecule has 0 saturated heterocycles. The Kier molecular flexibility index (Phi) is 5.76. The zero-order valence-corrected chi connectivity index (χ0v) is 16.5. The summed E-state index contributed by atoms with van der Waals surface area (Å²) in [6.07, 6.45) is 3.04. The van der Waals surface area contributed by atoms with E-state index in [9.17, 15) is 18.4 Å². The van der Waals surface area contributed by atoms with E-state index in [0.717, 1.165) is 0 Å². The zero-order valence-electron chi connectivity index (χ0n) is 16.5. The maximum atomic E-state index is 13.2. The first-order valence-electron chi connectivity index (χ1n) is 9.51. The van der Waals surface area contributed by atoms with E-state index >= 15 is 0 Å². The van der Waals surface area contributed by atoms with Crippen LogP contribution in [0.3, 0.4) is 0 Å². The molecule has 4 aromatic rings. The predicted octanol–water partition coefficient (Wildman–Crippen LogP) is 4.86. The van der Waals surface area contributed by atoms with E-state index in [-0.39, 0.29) is 22.7 Å². The van der Waals surface area contributed by atoms with Gasteiger partial charge in [0.25, 0.3) is 5.56 Å². The van der Waals surface area contributed by atoms with Gasteiger partial charge in [-0.15, -0.1) is 0 Å². The first-order valence-corrected chi connectivity index (χ1v) is 9.51. The number of aromatic nitrogens is 2. The minimum atomic E-state index is -2.98. The molecule has 0 atom stereocenters. The Balaban J connectivity index is 1.87. The van der Waals surface area contributed by atoms with Gasteiger partial charge in [-0.3, -0.25) is 9.36 Å². The van der Waals surface area contributed by atoms with Gasteiger partial charge in [0, 0.05) is 5.56 Å². The topological polar surface area (TPSA) is 81.4 Å². The highest BCUT2D eigenvalue weighted by Crippen LogP contribution is 2.23. The fourth-order valence-corrected chi connectivity index (χ4v) is 3.25. The van der Waals surface area contributed by atoms with Crippen molar-refractivity contribution in [3.8, 4) is 11.4 Å². The summed E-state index contributed by atoms with van der Waals surface area (Å²) in [7, 11) is 0. The number of hydrogen-bond acceptors (Lipinski definition) is 4. The normalized spacial score (nSPS) is 11.3. The molecule has 1 N–H and O–H groups in total. The molecule has 0 saturated carbocycles. The Morgan fingerprint density at radius 3 is 2.38 bits per heavy atom. The molecule has 0 spiro atoms. The van der Waals surface area contributed by atoms with E-state index < -0.39 is 12.6 Å². The van der Waals surface area contributed by atoms with Crippen molar-refractivity contribution in [3.05, 3.63) is 100 Å². The molecule has 160 valence electrons. The highest BCUT2D eigenvalue weighted by molar-refractivity contribution is 5.88. The molecule has 32 heavy (non-hydrogen) atoms. The van der Waals surface area contributed by atoms with Crippen molar-refractivity contribution in [2.75, 3.05) is 0 Å². The van der Waals surface area contributed by atoms with Crippen LogP contribution in [-0.4, -0.2) is 27.2 Å². The molecule has 1 heterocycles. The largest absolute Gasteiger partial charge is 0.478 e. The lowest BCUT2D eigenvalue weighted by atomic mass is 10.1. The maximum Gasteiger partial charge on any atom is 0.387 e. The molecule has 0 radical (unpaired) electrons. The average Bonchev–Trinajstić information content (AvgIpc) is 2.78. The molecule has 4 rings (SSSR count). The Morgan fingerprint density at radius 2 is 1.66 bits per heavy atom. The summed E-state index contributed by atoms with van der Waals surface area (Å²) in [5, 5.41) is 9.52. The SMILES string of the molecule is O=C(O)c1ccc(-n2c(/C=C/c3ccccc3OC(F)F)nc3ccccc3c2=O)cc1. The number of benzene rings is 3. The summed E-state index contributed by atoms with van der Waals surface area (Å²) in [6.45, 7) is -2.98. The highest BCUT2D eigenvalue weighted by atomic mass is 19.3. The van der Waals surface area contributed by atoms with Crippen LogP contribution in [0, 0.1) is 0 Å². The third kappa shape index (κ3) is 4.24. The predicted molar refractivity (Wildman–Crippen MR) is 116 cm³/mol. The van der Waals surface area contributed by atoms with Crippen LogP contribution >= 0.6 is 0 Å². The number of para-hydroxylation sites is 2. The number of carboxylic acid groups (broad SMARTS) is 1. The Bertz CT molecular complexity index is 1380. The fourth-order valence-electron chi connectivity index (χ4n) is 3.25. The van der Waals surface area contributed by atoms with Gasteiger partial charge in [0.05, 0.1) is 22.2 Å². The smallest absolute Gasteiger partial charge is 0.387 e. The van der Waals surface area contributed by atoms with Crippen LogP contribution in [0.2, 0.25) is 0 Å². The van der Waals surface area contributed by atoms with Crippen LogP contribution in [0.25, 0.3) is 28.7 Å².